The van der Waals surface area contributed by atoms with Crippen molar-refractivity contribution in [1.82, 2.24) is 9.97 Å². The van der Waals surface area contributed by atoms with Gasteiger partial charge >= 0.3 is 6.18 Å². The molecule has 1 aliphatic rings. The van der Waals surface area contributed by atoms with Crippen LogP contribution in [0, 0.1) is 5.92 Å². The van der Waals surface area contributed by atoms with Crippen molar-refractivity contribution in [2.45, 2.75) is 12.6 Å². The van der Waals surface area contributed by atoms with Crippen molar-refractivity contribution in [3.8, 4) is 10.6 Å². The van der Waals surface area contributed by atoms with Gasteiger partial charge in [-0.05, 0) is 29.6 Å². The zero-order valence-electron chi connectivity index (χ0n) is 11.3. The van der Waals surface area contributed by atoms with Crippen LogP contribution in [0.1, 0.15) is 21.8 Å². The Balaban J connectivity index is 1.96. The average Bonchev–Trinajstić information content (AvgIpc) is 2.89. The summed E-state index contributed by atoms with van der Waals surface area (Å²) in [6.45, 7) is 0. The summed E-state index contributed by atoms with van der Waals surface area (Å²) in [7, 11) is 0. The van der Waals surface area contributed by atoms with Gasteiger partial charge in [-0.1, -0.05) is 0 Å². The Labute approximate surface area is 133 Å². The van der Waals surface area contributed by atoms with Crippen LogP contribution in [0.3, 0.4) is 0 Å². The van der Waals surface area contributed by atoms with E-state index in [9.17, 15) is 18.0 Å². The first-order chi connectivity index (χ1) is 10.4. The van der Waals surface area contributed by atoms with Crippen LogP contribution in [0.4, 0.5) is 13.2 Å². The highest BCUT2D eigenvalue weighted by Gasteiger charge is 2.40. The highest BCUT2D eigenvalue weighted by molar-refractivity contribution is 8.00. The normalized spacial score (nSPS) is 15.6. The van der Waals surface area contributed by atoms with E-state index in [1.54, 1.807) is 23.9 Å². The number of carbonyl (C=O) groups excluding carboxylic acids is 1. The number of pyridine rings is 1. The Hall–Kier alpha value is -1.41. The molecule has 8 heteroatoms. The van der Waals surface area contributed by atoms with E-state index < -0.39 is 17.7 Å². The first kappa shape index (κ1) is 15.5. The average molecular weight is 344 g/mol. The zero-order chi connectivity index (χ0) is 15.7. The fourth-order valence-corrected chi connectivity index (χ4v) is 3.90. The molecule has 1 aliphatic heterocycles. The third-order valence-corrected chi connectivity index (χ3v) is 5.80. The van der Waals surface area contributed by atoms with E-state index in [2.05, 4.69) is 9.97 Å². The summed E-state index contributed by atoms with van der Waals surface area (Å²) >= 11 is 2.50. The highest BCUT2D eigenvalue weighted by Crippen LogP contribution is 2.39. The van der Waals surface area contributed by atoms with Gasteiger partial charge in [0.2, 0.25) is 0 Å². The Morgan fingerprint density at radius 2 is 2.14 bits per heavy atom. The smallest absolute Gasteiger partial charge is 0.293 e. The maximum Gasteiger partial charge on any atom is 0.434 e. The minimum absolute atomic E-state index is 0.157. The molecule has 0 N–H and O–H groups in total. The molecule has 22 heavy (non-hydrogen) atoms. The largest absolute Gasteiger partial charge is 0.434 e. The molecule has 0 aromatic carbocycles. The molecule has 0 radical (unpaired) electrons. The molecule has 116 valence electrons. The van der Waals surface area contributed by atoms with E-state index in [-0.39, 0.29) is 22.2 Å². The van der Waals surface area contributed by atoms with Crippen molar-refractivity contribution < 1.29 is 18.0 Å². The van der Waals surface area contributed by atoms with Crippen LogP contribution in [-0.4, -0.2) is 27.3 Å². The molecule has 1 saturated heterocycles. The van der Waals surface area contributed by atoms with E-state index in [0.717, 1.165) is 22.8 Å². The first-order valence-corrected chi connectivity index (χ1v) is 8.51. The van der Waals surface area contributed by atoms with Gasteiger partial charge in [-0.15, -0.1) is 11.3 Å². The Kier molecular flexibility index (Phi) is 4.22. The lowest BCUT2D eigenvalue weighted by atomic mass is 10.0. The summed E-state index contributed by atoms with van der Waals surface area (Å²) in [6.07, 6.45) is -1.50. The van der Waals surface area contributed by atoms with Gasteiger partial charge < -0.3 is 0 Å². The van der Waals surface area contributed by atoms with E-state index in [0.29, 0.717) is 5.56 Å². The number of hydrogen-bond donors (Lipinski definition) is 0. The van der Waals surface area contributed by atoms with Crippen molar-refractivity contribution in [1.29, 1.82) is 0 Å². The van der Waals surface area contributed by atoms with Crippen LogP contribution in [0.15, 0.2) is 24.5 Å². The third-order valence-electron chi connectivity index (χ3n) is 3.24. The number of ketones is 1. The fourth-order valence-electron chi connectivity index (χ4n) is 2.07. The van der Waals surface area contributed by atoms with Gasteiger partial charge in [-0.25, -0.2) is 4.98 Å². The molecule has 0 amide bonds. The molecule has 0 saturated carbocycles. The van der Waals surface area contributed by atoms with Crippen LogP contribution >= 0.6 is 23.1 Å². The zero-order valence-corrected chi connectivity index (χ0v) is 12.9. The molecule has 3 heterocycles. The fraction of sp³-hybridized carbons (Fsp3) is 0.357. The van der Waals surface area contributed by atoms with Crippen LogP contribution in [0.5, 0.6) is 0 Å². The number of aromatic nitrogens is 2. The molecule has 0 aliphatic carbocycles. The Morgan fingerprint density at radius 3 is 2.68 bits per heavy atom. The van der Waals surface area contributed by atoms with Crippen molar-refractivity contribution in [3.05, 3.63) is 35.1 Å². The lowest BCUT2D eigenvalue weighted by Gasteiger charge is -2.23. The van der Waals surface area contributed by atoms with E-state index in [1.165, 1.54) is 12.4 Å². The van der Waals surface area contributed by atoms with Crippen LogP contribution in [-0.2, 0) is 6.18 Å². The summed E-state index contributed by atoms with van der Waals surface area (Å²) in [6, 6.07) is 3.25. The van der Waals surface area contributed by atoms with Crippen molar-refractivity contribution >= 4 is 28.9 Å². The molecule has 3 rings (SSSR count). The van der Waals surface area contributed by atoms with Crippen molar-refractivity contribution in [3.63, 3.8) is 0 Å². The number of halogens is 3. The number of alkyl halides is 3. The second-order valence-electron chi connectivity index (χ2n) is 4.97. The predicted octanol–water partition coefficient (Wildman–Crippen LogP) is 4.16. The van der Waals surface area contributed by atoms with E-state index in [1.807, 2.05) is 0 Å². The summed E-state index contributed by atoms with van der Waals surface area (Å²) in [5.41, 5.74) is -0.593. The number of nitrogens with zero attached hydrogens (tertiary/aromatic N) is 2. The minimum atomic E-state index is -4.63. The Morgan fingerprint density at radius 1 is 1.36 bits per heavy atom. The van der Waals surface area contributed by atoms with Crippen molar-refractivity contribution in [2.24, 2.45) is 5.92 Å². The molecule has 0 atom stereocenters. The maximum atomic E-state index is 13.1. The molecule has 3 nitrogen and oxygen atoms in total. The number of thioether (sulfide) groups is 1. The van der Waals surface area contributed by atoms with Gasteiger partial charge in [-0.3, -0.25) is 9.78 Å². The van der Waals surface area contributed by atoms with Gasteiger partial charge in [-0.2, -0.15) is 24.9 Å². The minimum Gasteiger partial charge on any atom is -0.293 e. The number of thiazole rings is 1. The second kappa shape index (κ2) is 6.00. The maximum absolute atomic E-state index is 13.1. The molecule has 1 fully saturated rings. The SMILES string of the molecule is O=C(CC1CSC1)c1sc(-c2cccnc2)nc1C(F)(F)F. The molecule has 2 aromatic rings. The second-order valence-corrected chi connectivity index (χ2v) is 7.04. The molecular formula is C14H11F3N2OS2. The third kappa shape index (κ3) is 3.17. The molecule has 0 bridgehead atoms. The van der Waals surface area contributed by atoms with E-state index in [4.69, 9.17) is 0 Å². The molecule has 2 aromatic heterocycles. The monoisotopic (exact) mass is 344 g/mol. The van der Waals surface area contributed by atoms with Gasteiger partial charge in [0.25, 0.3) is 0 Å². The summed E-state index contributed by atoms with van der Waals surface area (Å²) in [5.74, 6) is 1.38. The quantitative estimate of drug-likeness (QED) is 0.781. The van der Waals surface area contributed by atoms with Crippen LogP contribution in [0.2, 0.25) is 0 Å². The summed E-state index contributed by atoms with van der Waals surface area (Å²) in [5, 5.41) is 0.173. The van der Waals surface area contributed by atoms with Crippen molar-refractivity contribution in [2.75, 3.05) is 11.5 Å². The highest BCUT2D eigenvalue weighted by atomic mass is 32.2. The van der Waals surface area contributed by atoms with Gasteiger partial charge in [0.1, 0.15) is 9.88 Å². The molecule has 0 unspecified atom stereocenters. The lowest BCUT2D eigenvalue weighted by Crippen LogP contribution is -2.22. The summed E-state index contributed by atoms with van der Waals surface area (Å²) < 4.78 is 39.4. The number of hydrogen-bond acceptors (Lipinski definition) is 5. The van der Waals surface area contributed by atoms with Crippen LogP contribution < -0.4 is 0 Å². The topological polar surface area (TPSA) is 42.9 Å². The summed E-state index contributed by atoms with van der Waals surface area (Å²) in [4.78, 5) is 19.4. The number of Topliss-reactive ketones (excluding diaryl/α,β-unsaturated/α-hetero) is 1. The number of rotatable bonds is 4. The van der Waals surface area contributed by atoms with Gasteiger partial charge in [0.15, 0.2) is 11.5 Å². The standard InChI is InChI=1S/C14H11F3N2OS2/c15-14(16,17)12-11(10(20)4-8-6-21-7-8)22-13(19-12)9-2-1-3-18-5-9/h1-3,5,8H,4,6-7H2. The van der Waals surface area contributed by atoms with E-state index >= 15 is 0 Å². The number of carbonyl (C=O) groups is 1. The predicted molar refractivity (Wildman–Crippen MR) is 80.1 cm³/mol. The van der Waals surface area contributed by atoms with Crippen LogP contribution in [0.25, 0.3) is 10.6 Å². The van der Waals surface area contributed by atoms with Gasteiger partial charge in [0, 0.05) is 24.4 Å². The first-order valence-electron chi connectivity index (χ1n) is 6.54. The van der Waals surface area contributed by atoms with Gasteiger partial charge in [0.05, 0.1) is 0 Å². The lowest BCUT2D eigenvalue weighted by molar-refractivity contribution is -0.141. The molecular weight excluding hydrogens is 333 g/mol. The molecule has 0 spiro atoms. The Bertz CT molecular complexity index is 681.